The lowest BCUT2D eigenvalue weighted by molar-refractivity contribution is 0.0777. The van der Waals surface area contributed by atoms with Gasteiger partial charge in [-0.3, -0.25) is 4.79 Å². The van der Waals surface area contributed by atoms with Gasteiger partial charge in [0.15, 0.2) is 0 Å². The van der Waals surface area contributed by atoms with Crippen LogP contribution in [0.5, 0.6) is 0 Å². The van der Waals surface area contributed by atoms with Crippen molar-refractivity contribution in [1.29, 1.82) is 0 Å². The summed E-state index contributed by atoms with van der Waals surface area (Å²) >= 11 is 0. The molecule has 0 spiro atoms. The fourth-order valence-corrected chi connectivity index (χ4v) is 2.75. The average Bonchev–Trinajstić information content (AvgIpc) is 2.70. The molecule has 0 saturated carbocycles. The maximum absolute atomic E-state index is 13.8. The molecule has 1 aromatic rings. The number of nitrogens with zero attached hydrogens (tertiary/aromatic N) is 2. The minimum atomic E-state index is -0.425. The summed E-state index contributed by atoms with van der Waals surface area (Å²) in [5, 5.41) is 0. The van der Waals surface area contributed by atoms with E-state index in [0.29, 0.717) is 25.0 Å². The number of carbonyl (C=O) groups excluding carboxylic acids is 1. The Morgan fingerprint density at radius 3 is 2.58 bits per heavy atom. The van der Waals surface area contributed by atoms with Gasteiger partial charge in [0.05, 0.1) is 5.56 Å². The van der Waals surface area contributed by atoms with Gasteiger partial charge in [-0.05, 0) is 44.6 Å². The highest BCUT2D eigenvalue weighted by Crippen LogP contribution is 2.23. The number of benzene rings is 1. The van der Waals surface area contributed by atoms with Crippen LogP contribution in [0.4, 0.5) is 4.39 Å². The highest BCUT2D eigenvalue weighted by molar-refractivity contribution is 5.94. The molecule has 0 aliphatic carbocycles. The quantitative estimate of drug-likeness (QED) is 0.817. The highest BCUT2D eigenvalue weighted by Gasteiger charge is 2.34. The molecule has 3 nitrogen and oxygen atoms in total. The molecule has 0 N–H and O–H groups in total. The highest BCUT2D eigenvalue weighted by atomic mass is 19.1. The molecule has 2 atom stereocenters. The van der Waals surface area contributed by atoms with E-state index in [1.54, 1.807) is 17.0 Å². The van der Waals surface area contributed by atoms with Gasteiger partial charge >= 0.3 is 0 Å². The number of amides is 1. The van der Waals surface area contributed by atoms with Crippen LogP contribution in [0.25, 0.3) is 0 Å². The molecule has 4 heteroatoms. The van der Waals surface area contributed by atoms with Crippen molar-refractivity contribution >= 4 is 5.91 Å². The summed E-state index contributed by atoms with van der Waals surface area (Å²) in [7, 11) is 4.03. The molecule has 1 fully saturated rings. The molecular formula is C15H21FN2O. The summed E-state index contributed by atoms with van der Waals surface area (Å²) in [6, 6.07) is 5.12. The molecule has 104 valence electrons. The second-order valence-electron chi connectivity index (χ2n) is 5.70. The molecule has 0 aromatic heterocycles. The number of halogens is 1. The molecule has 0 radical (unpaired) electrons. The number of carbonyl (C=O) groups is 1. The molecule has 2 unspecified atom stereocenters. The van der Waals surface area contributed by atoms with Crippen molar-refractivity contribution in [2.24, 2.45) is 5.92 Å². The van der Waals surface area contributed by atoms with Crippen molar-refractivity contribution < 1.29 is 9.18 Å². The summed E-state index contributed by atoms with van der Waals surface area (Å²) in [5.41, 5.74) is 1.01. The molecule has 1 aromatic carbocycles. The van der Waals surface area contributed by atoms with Crippen molar-refractivity contribution in [3.05, 3.63) is 35.1 Å². The first-order valence-electron chi connectivity index (χ1n) is 6.62. The smallest absolute Gasteiger partial charge is 0.256 e. The summed E-state index contributed by atoms with van der Waals surface area (Å²) in [6.07, 6.45) is 0. The van der Waals surface area contributed by atoms with Crippen molar-refractivity contribution in [1.82, 2.24) is 9.80 Å². The van der Waals surface area contributed by atoms with Crippen molar-refractivity contribution in [3.63, 3.8) is 0 Å². The Labute approximate surface area is 114 Å². The summed E-state index contributed by atoms with van der Waals surface area (Å²) in [4.78, 5) is 16.2. The van der Waals surface area contributed by atoms with Gasteiger partial charge in [-0.1, -0.05) is 13.0 Å². The van der Waals surface area contributed by atoms with E-state index < -0.39 is 5.82 Å². The largest absolute Gasteiger partial charge is 0.337 e. The third kappa shape index (κ3) is 2.78. The molecule has 1 saturated heterocycles. The van der Waals surface area contributed by atoms with Gasteiger partial charge in [0.25, 0.3) is 5.91 Å². The number of aryl methyl sites for hydroxylation is 1. The first-order chi connectivity index (χ1) is 8.90. The Hall–Kier alpha value is -1.42. The lowest BCUT2D eigenvalue weighted by Gasteiger charge is -2.22. The van der Waals surface area contributed by atoms with Crippen LogP contribution in [-0.2, 0) is 0 Å². The number of likely N-dealkylation sites (tertiary alicyclic amines) is 1. The molecule has 1 amide bonds. The van der Waals surface area contributed by atoms with E-state index in [4.69, 9.17) is 0 Å². The van der Waals surface area contributed by atoms with Crippen LogP contribution < -0.4 is 0 Å². The monoisotopic (exact) mass is 264 g/mol. The Kier molecular flexibility index (Phi) is 3.90. The summed E-state index contributed by atoms with van der Waals surface area (Å²) < 4.78 is 13.8. The van der Waals surface area contributed by atoms with E-state index in [-0.39, 0.29) is 11.5 Å². The third-order valence-corrected chi connectivity index (χ3v) is 3.88. The normalized spacial score (nSPS) is 23.2. The van der Waals surface area contributed by atoms with Gasteiger partial charge in [0.1, 0.15) is 5.82 Å². The van der Waals surface area contributed by atoms with Gasteiger partial charge in [0.2, 0.25) is 0 Å². The number of hydrogen-bond acceptors (Lipinski definition) is 2. The predicted octanol–water partition coefficient (Wildman–Crippen LogP) is 2.16. The number of hydrogen-bond donors (Lipinski definition) is 0. The lowest BCUT2D eigenvalue weighted by atomic mass is 10.1. The first-order valence-corrected chi connectivity index (χ1v) is 6.62. The Bertz CT molecular complexity index is 487. The van der Waals surface area contributed by atoms with Crippen LogP contribution in [0.2, 0.25) is 0 Å². The minimum absolute atomic E-state index is 0.178. The summed E-state index contributed by atoms with van der Waals surface area (Å²) in [5.74, 6) is -0.216. The van der Waals surface area contributed by atoms with Crippen LogP contribution in [-0.4, -0.2) is 48.9 Å². The minimum Gasteiger partial charge on any atom is -0.337 e. The molecule has 2 rings (SSSR count). The van der Waals surface area contributed by atoms with E-state index in [9.17, 15) is 9.18 Å². The van der Waals surface area contributed by atoms with E-state index in [1.165, 1.54) is 6.07 Å². The zero-order valence-corrected chi connectivity index (χ0v) is 12.0. The zero-order chi connectivity index (χ0) is 14.2. The SMILES string of the molecule is Cc1ccc(C(=O)N2CC(C)C(N(C)C)C2)c(F)c1. The van der Waals surface area contributed by atoms with Gasteiger partial charge in [-0.2, -0.15) is 0 Å². The van der Waals surface area contributed by atoms with Gasteiger partial charge in [0, 0.05) is 19.1 Å². The summed E-state index contributed by atoms with van der Waals surface area (Å²) in [6.45, 7) is 5.30. The van der Waals surface area contributed by atoms with Crippen LogP contribution in [0, 0.1) is 18.7 Å². The van der Waals surface area contributed by atoms with Crippen LogP contribution in [0.3, 0.4) is 0 Å². The number of likely N-dealkylation sites (N-methyl/N-ethyl adjacent to an activating group) is 1. The Morgan fingerprint density at radius 1 is 1.37 bits per heavy atom. The molecule has 1 heterocycles. The standard InChI is InChI=1S/C15H21FN2O/c1-10-5-6-12(13(16)7-10)15(19)18-8-11(2)14(9-18)17(3)4/h5-7,11,14H,8-9H2,1-4H3. The van der Waals surface area contributed by atoms with E-state index in [0.717, 1.165) is 5.56 Å². The van der Waals surface area contributed by atoms with Gasteiger partial charge < -0.3 is 9.80 Å². The Morgan fingerprint density at radius 2 is 2.05 bits per heavy atom. The fourth-order valence-electron chi connectivity index (χ4n) is 2.75. The van der Waals surface area contributed by atoms with Gasteiger partial charge in [-0.25, -0.2) is 4.39 Å². The van der Waals surface area contributed by atoms with Crippen molar-refractivity contribution in [2.45, 2.75) is 19.9 Å². The Balaban J connectivity index is 2.17. The molecule has 1 aliphatic rings. The fraction of sp³-hybridized carbons (Fsp3) is 0.533. The topological polar surface area (TPSA) is 23.6 Å². The average molecular weight is 264 g/mol. The second-order valence-corrected chi connectivity index (χ2v) is 5.70. The van der Waals surface area contributed by atoms with Gasteiger partial charge in [-0.15, -0.1) is 0 Å². The van der Waals surface area contributed by atoms with Crippen LogP contribution in [0.1, 0.15) is 22.8 Å². The molecule has 1 aliphatic heterocycles. The molecule has 19 heavy (non-hydrogen) atoms. The van der Waals surface area contributed by atoms with E-state index in [2.05, 4.69) is 11.8 Å². The van der Waals surface area contributed by atoms with Crippen LogP contribution in [0.15, 0.2) is 18.2 Å². The third-order valence-electron chi connectivity index (χ3n) is 3.88. The van der Waals surface area contributed by atoms with Crippen molar-refractivity contribution in [2.75, 3.05) is 27.2 Å². The molecule has 0 bridgehead atoms. The van der Waals surface area contributed by atoms with Crippen LogP contribution >= 0.6 is 0 Å². The second kappa shape index (κ2) is 5.29. The van der Waals surface area contributed by atoms with E-state index >= 15 is 0 Å². The predicted molar refractivity (Wildman–Crippen MR) is 73.7 cm³/mol. The van der Waals surface area contributed by atoms with E-state index in [1.807, 2.05) is 21.0 Å². The van der Waals surface area contributed by atoms with Crippen molar-refractivity contribution in [3.8, 4) is 0 Å². The number of rotatable bonds is 2. The lowest BCUT2D eigenvalue weighted by Crippen LogP contribution is -2.36. The maximum atomic E-state index is 13.8. The maximum Gasteiger partial charge on any atom is 0.256 e. The molecular weight excluding hydrogens is 243 g/mol. The first kappa shape index (κ1) is 14.0. The zero-order valence-electron chi connectivity index (χ0n) is 12.0.